The van der Waals surface area contributed by atoms with Crippen molar-refractivity contribution in [1.29, 1.82) is 0 Å². The summed E-state index contributed by atoms with van der Waals surface area (Å²) in [6.45, 7) is 1.01. The number of hydrogen-bond donors (Lipinski definition) is 2. The molecule has 0 bridgehead atoms. The van der Waals surface area contributed by atoms with Crippen molar-refractivity contribution in [3.05, 3.63) is 0 Å². The molecule has 1 unspecified atom stereocenters. The van der Waals surface area contributed by atoms with Gasteiger partial charge in [-0.1, -0.05) is 19.3 Å². The zero-order chi connectivity index (χ0) is 14.2. The first-order valence-electron chi connectivity index (χ1n) is 7.53. The molecule has 1 spiro atoms. The fraction of sp³-hybridized carbons (Fsp3) is 0.786. The van der Waals surface area contributed by atoms with E-state index < -0.39 is 11.6 Å². The summed E-state index contributed by atoms with van der Waals surface area (Å²) in [5.41, 5.74) is -0.889. The Hall–Kier alpha value is -1.59. The van der Waals surface area contributed by atoms with E-state index in [0.29, 0.717) is 19.5 Å². The van der Waals surface area contributed by atoms with Crippen LogP contribution in [0.2, 0.25) is 0 Å². The highest BCUT2D eigenvalue weighted by atomic mass is 16.2. The average molecular weight is 279 g/mol. The van der Waals surface area contributed by atoms with E-state index in [4.69, 9.17) is 0 Å². The van der Waals surface area contributed by atoms with Gasteiger partial charge in [0.2, 0.25) is 5.91 Å². The highest BCUT2D eigenvalue weighted by molar-refractivity contribution is 6.07. The monoisotopic (exact) mass is 279 g/mol. The highest BCUT2D eigenvalue weighted by Crippen LogP contribution is 2.29. The fourth-order valence-electron chi connectivity index (χ4n) is 3.67. The summed E-state index contributed by atoms with van der Waals surface area (Å²) >= 11 is 0. The maximum Gasteiger partial charge on any atom is 0.322 e. The van der Waals surface area contributed by atoms with Crippen molar-refractivity contribution in [3.8, 4) is 0 Å². The second-order valence-electron chi connectivity index (χ2n) is 6.19. The molecule has 0 aromatic heterocycles. The Labute approximate surface area is 118 Å². The van der Waals surface area contributed by atoms with Crippen molar-refractivity contribution in [2.24, 2.45) is 5.92 Å². The van der Waals surface area contributed by atoms with Crippen LogP contribution in [0.15, 0.2) is 0 Å². The van der Waals surface area contributed by atoms with E-state index >= 15 is 0 Å². The third-order valence-electron chi connectivity index (χ3n) is 4.77. The lowest BCUT2D eigenvalue weighted by Gasteiger charge is -2.40. The van der Waals surface area contributed by atoms with Gasteiger partial charge in [0.25, 0.3) is 5.91 Å². The lowest BCUT2D eigenvalue weighted by molar-refractivity contribution is -0.140. The lowest BCUT2D eigenvalue weighted by Crippen LogP contribution is -2.60. The van der Waals surface area contributed by atoms with Crippen LogP contribution in [0.1, 0.15) is 44.9 Å². The number of urea groups is 1. The molecule has 1 saturated carbocycles. The van der Waals surface area contributed by atoms with Crippen molar-refractivity contribution in [2.45, 2.75) is 50.5 Å². The number of rotatable bonds is 1. The molecule has 2 heterocycles. The standard InChI is InChI=1S/C14H21N3O3/c18-11(10-5-2-1-3-6-10)17-8-4-7-14(9-17)12(19)15-13(20)16-14/h10H,1-9H2,(H2,15,16,19,20). The van der Waals surface area contributed by atoms with Crippen molar-refractivity contribution in [1.82, 2.24) is 15.5 Å². The van der Waals surface area contributed by atoms with Gasteiger partial charge in [-0.25, -0.2) is 4.79 Å². The van der Waals surface area contributed by atoms with Crippen LogP contribution in [0.4, 0.5) is 4.79 Å². The zero-order valence-electron chi connectivity index (χ0n) is 11.6. The van der Waals surface area contributed by atoms with Gasteiger partial charge in [-0.05, 0) is 25.7 Å². The molecule has 3 fully saturated rings. The fourth-order valence-corrected chi connectivity index (χ4v) is 3.67. The molecule has 3 rings (SSSR count). The number of amides is 4. The quantitative estimate of drug-likeness (QED) is 0.696. The molecule has 4 amide bonds. The van der Waals surface area contributed by atoms with Gasteiger partial charge < -0.3 is 10.2 Å². The molecule has 2 aliphatic heterocycles. The van der Waals surface area contributed by atoms with Gasteiger partial charge in [-0.2, -0.15) is 0 Å². The Bertz CT molecular complexity index is 445. The Morgan fingerprint density at radius 2 is 1.90 bits per heavy atom. The van der Waals surface area contributed by atoms with Crippen LogP contribution < -0.4 is 10.6 Å². The molecular weight excluding hydrogens is 258 g/mol. The molecule has 0 aromatic carbocycles. The molecule has 2 N–H and O–H groups in total. The molecule has 0 aromatic rings. The molecule has 6 nitrogen and oxygen atoms in total. The maximum atomic E-state index is 12.6. The van der Waals surface area contributed by atoms with Crippen LogP contribution in [0.3, 0.4) is 0 Å². The molecular formula is C14H21N3O3. The van der Waals surface area contributed by atoms with Gasteiger partial charge in [0.1, 0.15) is 5.54 Å². The van der Waals surface area contributed by atoms with Crippen LogP contribution in [0.25, 0.3) is 0 Å². The van der Waals surface area contributed by atoms with Gasteiger partial charge in [0, 0.05) is 12.5 Å². The second kappa shape index (κ2) is 5.07. The third kappa shape index (κ3) is 2.27. The molecule has 6 heteroatoms. The number of nitrogens with one attached hydrogen (secondary N) is 2. The van der Waals surface area contributed by atoms with Gasteiger partial charge in [0.05, 0.1) is 6.54 Å². The Balaban J connectivity index is 1.70. The second-order valence-corrected chi connectivity index (χ2v) is 6.19. The summed E-state index contributed by atoms with van der Waals surface area (Å²) in [6, 6.07) is -0.443. The van der Waals surface area contributed by atoms with Crippen LogP contribution in [0.5, 0.6) is 0 Å². The predicted octanol–water partition coefficient (Wildman–Crippen LogP) is 0.767. The topological polar surface area (TPSA) is 78.5 Å². The van der Waals surface area contributed by atoms with Crippen LogP contribution in [-0.4, -0.2) is 41.4 Å². The summed E-state index contributed by atoms with van der Waals surface area (Å²) in [5.74, 6) is -0.0135. The summed E-state index contributed by atoms with van der Waals surface area (Å²) in [6.07, 6.45) is 6.73. The number of likely N-dealkylation sites (tertiary alicyclic amines) is 1. The minimum absolute atomic E-state index is 0.110. The Morgan fingerprint density at radius 1 is 1.15 bits per heavy atom. The number of imide groups is 1. The Morgan fingerprint density at radius 3 is 2.55 bits per heavy atom. The number of carbonyl (C=O) groups excluding carboxylic acids is 3. The summed E-state index contributed by atoms with van der Waals surface area (Å²) < 4.78 is 0. The summed E-state index contributed by atoms with van der Waals surface area (Å²) in [4.78, 5) is 37.7. The smallest absolute Gasteiger partial charge is 0.322 e. The molecule has 2 saturated heterocycles. The van der Waals surface area contributed by atoms with Gasteiger partial charge in [-0.15, -0.1) is 0 Å². The van der Waals surface area contributed by atoms with E-state index in [-0.39, 0.29) is 17.7 Å². The first-order chi connectivity index (χ1) is 9.61. The van der Waals surface area contributed by atoms with Gasteiger partial charge in [-0.3, -0.25) is 14.9 Å². The number of hydrogen-bond acceptors (Lipinski definition) is 3. The van der Waals surface area contributed by atoms with Crippen molar-refractivity contribution in [2.75, 3.05) is 13.1 Å². The van der Waals surface area contributed by atoms with Crippen LogP contribution in [-0.2, 0) is 9.59 Å². The Kier molecular flexibility index (Phi) is 3.40. The largest absolute Gasteiger partial charge is 0.340 e. The normalized spacial score (nSPS) is 31.3. The number of piperidine rings is 1. The van der Waals surface area contributed by atoms with E-state index in [0.717, 1.165) is 32.1 Å². The third-order valence-corrected chi connectivity index (χ3v) is 4.77. The van der Waals surface area contributed by atoms with E-state index in [9.17, 15) is 14.4 Å². The lowest BCUT2D eigenvalue weighted by atomic mass is 9.85. The first kappa shape index (κ1) is 13.4. The van der Waals surface area contributed by atoms with E-state index in [1.54, 1.807) is 4.90 Å². The number of carbonyl (C=O) groups is 3. The van der Waals surface area contributed by atoms with Crippen molar-refractivity contribution >= 4 is 17.8 Å². The van der Waals surface area contributed by atoms with E-state index in [1.165, 1.54) is 6.42 Å². The van der Waals surface area contributed by atoms with Crippen molar-refractivity contribution < 1.29 is 14.4 Å². The molecule has 1 atom stereocenters. The maximum absolute atomic E-state index is 12.6. The molecule has 110 valence electrons. The predicted molar refractivity (Wildman–Crippen MR) is 71.8 cm³/mol. The highest BCUT2D eigenvalue weighted by Gasteiger charge is 2.49. The molecule has 20 heavy (non-hydrogen) atoms. The number of nitrogens with zero attached hydrogens (tertiary/aromatic N) is 1. The molecule has 0 radical (unpaired) electrons. The molecule has 1 aliphatic carbocycles. The molecule has 3 aliphatic rings. The minimum atomic E-state index is -0.889. The minimum Gasteiger partial charge on any atom is -0.340 e. The van der Waals surface area contributed by atoms with Crippen molar-refractivity contribution in [3.63, 3.8) is 0 Å². The van der Waals surface area contributed by atoms with Gasteiger partial charge in [0.15, 0.2) is 0 Å². The first-order valence-corrected chi connectivity index (χ1v) is 7.53. The summed E-state index contributed by atoms with van der Waals surface area (Å²) in [5, 5.41) is 5.00. The van der Waals surface area contributed by atoms with Gasteiger partial charge >= 0.3 is 6.03 Å². The average Bonchev–Trinajstić information content (AvgIpc) is 2.73. The van der Waals surface area contributed by atoms with E-state index in [2.05, 4.69) is 10.6 Å². The van der Waals surface area contributed by atoms with Crippen LogP contribution in [0, 0.1) is 5.92 Å². The zero-order valence-corrected chi connectivity index (χ0v) is 11.6. The SMILES string of the molecule is O=C1NC(=O)C2(CCCN(C(=O)C3CCCCC3)C2)N1. The van der Waals surface area contributed by atoms with Crippen LogP contribution >= 0.6 is 0 Å². The summed E-state index contributed by atoms with van der Waals surface area (Å²) in [7, 11) is 0. The van der Waals surface area contributed by atoms with E-state index in [1.807, 2.05) is 0 Å².